The third-order valence-corrected chi connectivity index (χ3v) is 39.9. The van der Waals surface area contributed by atoms with E-state index in [9.17, 15) is 74.8 Å². The van der Waals surface area contributed by atoms with E-state index < -0.39 is 264 Å². The molecule has 27 atom stereocenters. The number of nitrogen functional groups attached to an aromatic ring is 1. The number of rotatable bonds is 41. The Morgan fingerprint density at radius 3 is 1.12 bits per heavy atom. The Balaban J connectivity index is 0.000000209. The molecular formula is C60H89F2N13O40P8S4. The molecule has 4 amide bonds. The van der Waals surface area contributed by atoms with E-state index in [1.165, 1.54) is 105 Å². The first-order chi connectivity index (χ1) is 59.7. The molecule has 12 unspecified atom stereocenters. The van der Waals surface area contributed by atoms with Gasteiger partial charge >= 0.3 is 61.1 Å². The third-order valence-electron chi connectivity index (χ3n) is 19.1. The van der Waals surface area contributed by atoms with Crippen LogP contribution < -0.4 is 28.7 Å². The number of carbonyl (C=O) groups is 4. The summed E-state index contributed by atoms with van der Waals surface area (Å²) in [6.45, 7) is -3.13. The fraction of sp³-hybridized carbons (Fsp3) is 0.650. The number of hydrogen-bond acceptors (Lipinski definition) is 47. The van der Waals surface area contributed by atoms with E-state index in [0.717, 1.165) is 45.3 Å². The van der Waals surface area contributed by atoms with Gasteiger partial charge in [-0.25, -0.2) is 56.8 Å². The Morgan fingerprint density at radius 2 is 0.787 bits per heavy atom. The number of primary amides is 4. The quantitative estimate of drug-likeness (QED) is 0.0235. The van der Waals surface area contributed by atoms with E-state index in [-0.39, 0.29) is 38.6 Å². The summed E-state index contributed by atoms with van der Waals surface area (Å²) in [6, 6.07) is 0. The highest BCUT2D eigenvalue weighted by atomic mass is 32.1. The van der Waals surface area contributed by atoms with E-state index >= 15 is 4.20 Å². The molecule has 0 aromatic carbocycles. The summed E-state index contributed by atoms with van der Waals surface area (Å²) in [4.78, 5) is 123. The van der Waals surface area contributed by atoms with Crippen molar-refractivity contribution >= 4 is 147 Å². The molecule has 6 aromatic rings. The van der Waals surface area contributed by atoms with Crippen molar-refractivity contribution in [1.82, 2.24) is 39.5 Å². The second-order valence-electron chi connectivity index (χ2n) is 27.4. The number of imidazole rings is 1. The summed E-state index contributed by atoms with van der Waals surface area (Å²) < 4.78 is 257. The van der Waals surface area contributed by atoms with Crippen LogP contribution in [0.5, 0.6) is 0 Å². The van der Waals surface area contributed by atoms with E-state index in [4.69, 9.17) is 136 Å². The predicted octanol–water partition coefficient (Wildman–Crippen LogP) is 4.55. The molecule has 0 radical (unpaired) electrons. The molecule has 0 saturated carbocycles. The fourth-order valence-corrected chi connectivity index (χ4v) is 33.4. The summed E-state index contributed by atoms with van der Waals surface area (Å²) in [5.41, 5.74) is 27.6. The lowest BCUT2D eigenvalue weighted by atomic mass is 10.1. The maximum absolute atomic E-state index is 15.4. The number of anilines is 1. The molecule has 6 aromatic heterocycles. The highest BCUT2D eigenvalue weighted by Crippen LogP contribution is 2.85. The SMILES string of the molecule is COC1[C@@H](OC)[C@@H](COP(=O)(F)OP2(=O)CP(=O)(OC[C@H]3O[C@@H](c4nc(C(N)=O)cs4)C(OC)[C@H]3OC)OP(=O)(CF)O2)O[C@H]1c1nc(C(N)=O)cs1.COC1[C@@H](OC)[C@@H](COP(=O)(O)CP(=O)(O)O)O[C@H]1c1nc(C(N)=O)cs1.COC1[C@@H](OC)[C@@H](COP(=O)(O)CP(=O)(O)OC[C@H]2O[C@@H](c3nc(C(N)=O)cs3)C(OC)[C@H]2OC)O[C@H]1n1cnc2c(N)ncnc21. The summed E-state index contributed by atoms with van der Waals surface area (Å²) in [5.74, 6) is -6.89. The molecule has 12 heterocycles. The van der Waals surface area contributed by atoms with Gasteiger partial charge in [-0.05, 0) is 0 Å². The number of hydrogen-bond donors (Lipinski definition) is 10. The van der Waals surface area contributed by atoms with E-state index in [0.29, 0.717) is 21.2 Å². The molecule has 127 heavy (non-hydrogen) atoms. The van der Waals surface area contributed by atoms with Gasteiger partial charge in [-0.15, -0.1) is 49.5 Å². The molecule has 15 N–H and O–H groups in total. The highest BCUT2D eigenvalue weighted by molar-refractivity contribution is 7.84. The van der Waals surface area contributed by atoms with Crippen molar-refractivity contribution in [1.29, 1.82) is 0 Å². The molecule has 0 bridgehead atoms. The molecule has 6 fully saturated rings. The number of ether oxygens (including phenoxy) is 15. The van der Waals surface area contributed by atoms with Gasteiger partial charge in [0.2, 0.25) is 0 Å². The first-order valence-corrected chi connectivity index (χ1v) is 53.4. The first kappa shape index (κ1) is 104. The van der Waals surface area contributed by atoms with Crippen LogP contribution in [-0.4, -0.2) is 307 Å². The van der Waals surface area contributed by atoms with Crippen molar-refractivity contribution in [2.45, 2.75) is 122 Å². The van der Waals surface area contributed by atoms with Crippen molar-refractivity contribution in [3.63, 3.8) is 0 Å². The van der Waals surface area contributed by atoms with Crippen LogP contribution in [0.2, 0.25) is 0 Å². The average molecular weight is 2050 g/mol. The molecule has 12 rings (SSSR count). The standard InChI is InChI=1S/C24H34F2N4O17P4S2.C24H35N7O13P2S.C12H20N2O10P2S/c1-37-15-13(43-19(17(15)39-3)23-29-11(7-52-23)21(27)31)5-41-49(34)10-50(35,46-48(33,9-25)45-49)47-51(26,36)42-6-14-16(38-2)18(40-4)20(44-14)24-30-12(8-53-24)22(28)32;1-37-15-12(43-18(17(15)39-3)23-30-11(7-47-23)21(26)32)5-41-45(33,34)10-46(35,36)42-6-13-16(38-2)19(40-4)24(44-13)31-9-29-14-20(25)27-8-28-22(14)31;1-21-8-7(3-23-26(19,20)5-25(16,17)18)24-10(9(8)22-2)12-14-6(4-27-12)11(13)15/h7-8,13-20H,5-6,9-10H2,1-4H3,(H2,27,31)(H2,28,32);7-9,12-13,15-19,24H,5-6,10H2,1-4H3,(H2,26,32)(H,33,34)(H,35,36)(H2,25,27,28);4,7-10H,3,5H2,1-2H3,(H2,13,15)(H,19,20)(H2,16,17,18)/t13-,14-,15+,16+,17?,18?,19-,20-,48?,49?,50?,51?;12-,13-,15+,16+,17?,18-,19?,24-;7-,8+,9?,10-/m111/s1. The summed E-state index contributed by atoms with van der Waals surface area (Å²) >= 11 is 4.26. The van der Waals surface area contributed by atoms with E-state index in [1.807, 2.05) is 0 Å². The van der Waals surface area contributed by atoms with Gasteiger partial charge in [0.25, 0.3) is 23.6 Å². The molecule has 6 saturated heterocycles. The number of thiazole rings is 4. The number of halogens is 2. The van der Waals surface area contributed by atoms with Crippen LogP contribution in [-0.2, 0) is 143 Å². The lowest BCUT2D eigenvalue weighted by Crippen LogP contribution is -2.37. The number of nitrogens with zero attached hydrogens (tertiary/aromatic N) is 8. The Hall–Kier alpha value is -4.67. The normalized spacial score (nSPS) is 32.7. The van der Waals surface area contributed by atoms with Crippen molar-refractivity contribution in [3.8, 4) is 0 Å². The Bertz CT molecular complexity index is 5230. The van der Waals surface area contributed by atoms with Crippen molar-refractivity contribution < 1.29 is 195 Å². The van der Waals surface area contributed by atoms with Crippen LogP contribution in [0.3, 0.4) is 0 Å². The second-order valence-corrected chi connectivity index (χ2v) is 47.5. The molecule has 0 spiro atoms. The smallest absolute Gasteiger partial charge is 0.382 e. The third kappa shape index (κ3) is 25.7. The molecule has 53 nitrogen and oxygen atoms in total. The molecule has 6 aliphatic heterocycles. The number of amides is 4. The van der Waals surface area contributed by atoms with Crippen LogP contribution in [0.15, 0.2) is 34.2 Å². The van der Waals surface area contributed by atoms with Gasteiger partial charge in [0.15, 0.2) is 41.8 Å². The number of aromatic nitrogens is 8. The summed E-state index contributed by atoms with van der Waals surface area (Å²) in [7, 11) is -26.8. The maximum Gasteiger partial charge on any atom is 0.520 e. The number of methoxy groups -OCH3 is 10. The van der Waals surface area contributed by atoms with Gasteiger partial charge in [-0.2, -0.15) is 0 Å². The second kappa shape index (κ2) is 43.8. The zero-order chi connectivity index (χ0) is 93.4. The lowest BCUT2D eigenvalue weighted by molar-refractivity contribution is -0.0566. The minimum Gasteiger partial charge on any atom is -0.382 e. The number of alkyl halides is 1. The Labute approximate surface area is 734 Å². The number of carbonyl (C=O) groups excluding carboxylic acids is 4. The monoisotopic (exact) mass is 2050 g/mol. The van der Waals surface area contributed by atoms with Crippen molar-refractivity contribution in [3.05, 3.63) is 77.0 Å². The van der Waals surface area contributed by atoms with Crippen LogP contribution in [0.1, 0.15) is 92.6 Å². The fourth-order valence-electron chi connectivity index (χ4n) is 13.7. The number of nitrogens with two attached hydrogens (primary N) is 5. The van der Waals surface area contributed by atoms with E-state index in [2.05, 4.69) is 43.5 Å². The molecule has 712 valence electrons. The van der Waals surface area contributed by atoms with Crippen LogP contribution >= 0.6 is 106 Å². The summed E-state index contributed by atoms with van der Waals surface area (Å²) in [6.07, 6.45) is -17.0. The minimum absolute atomic E-state index is 0.0405. The van der Waals surface area contributed by atoms with Gasteiger partial charge in [0.05, 0.1) is 39.4 Å². The first-order valence-electron chi connectivity index (χ1n) is 36.2. The van der Waals surface area contributed by atoms with Gasteiger partial charge in [-0.3, -0.25) is 60.2 Å². The Kier molecular flexibility index (Phi) is 36.0. The molecule has 6 aliphatic rings. The predicted molar refractivity (Wildman–Crippen MR) is 431 cm³/mol. The van der Waals surface area contributed by atoms with Crippen LogP contribution in [0, 0.1) is 0 Å². The lowest BCUT2D eigenvalue weighted by Gasteiger charge is -2.33. The zero-order valence-electron chi connectivity index (χ0n) is 67.8. The van der Waals surface area contributed by atoms with Crippen molar-refractivity contribution in [2.75, 3.05) is 134 Å². The molecule has 0 aliphatic carbocycles. The van der Waals surface area contributed by atoms with E-state index in [1.54, 1.807) is 4.57 Å². The van der Waals surface area contributed by atoms with Gasteiger partial charge in [-0.1, -0.05) is 0 Å². The van der Waals surface area contributed by atoms with Gasteiger partial charge in [0.1, 0.15) is 171 Å². The van der Waals surface area contributed by atoms with Crippen LogP contribution in [0.25, 0.3) is 11.2 Å². The average Bonchev–Trinajstić information content (AvgIpc) is 1.74. The molecular weight excluding hydrogens is 1960 g/mol. The number of fused-ring (bicyclic) bond motifs is 1. The zero-order valence-corrected chi connectivity index (χ0v) is 78.3. The van der Waals surface area contributed by atoms with Crippen LogP contribution in [0.4, 0.5) is 14.4 Å². The maximum atomic E-state index is 15.4. The Morgan fingerprint density at radius 1 is 0.465 bits per heavy atom. The minimum atomic E-state index is -6.00. The largest absolute Gasteiger partial charge is 0.520 e. The van der Waals surface area contributed by atoms with Gasteiger partial charge < -0.3 is 142 Å². The summed E-state index contributed by atoms with van der Waals surface area (Å²) in [5, 5.41) is 6.95. The highest BCUT2D eigenvalue weighted by Gasteiger charge is 2.60. The molecule has 67 heteroatoms. The van der Waals surface area contributed by atoms with Gasteiger partial charge in [0, 0.05) is 92.6 Å². The van der Waals surface area contributed by atoms with Crippen molar-refractivity contribution in [2.24, 2.45) is 22.9 Å². The topological polar surface area (TPSA) is 744 Å².